The highest BCUT2D eigenvalue weighted by Crippen LogP contribution is 2.25. The summed E-state index contributed by atoms with van der Waals surface area (Å²) in [6.45, 7) is 4.34. The van der Waals surface area contributed by atoms with Gasteiger partial charge in [0, 0.05) is 19.8 Å². The predicted octanol–water partition coefficient (Wildman–Crippen LogP) is 1.53. The molecule has 0 fully saturated rings. The Labute approximate surface area is 136 Å². The lowest BCUT2D eigenvalue weighted by molar-refractivity contribution is 0.826. The van der Waals surface area contributed by atoms with Gasteiger partial charge in [-0.05, 0) is 5.56 Å². The van der Waals surface area contributed by atoms with Crippen molar-refractivity contribution < 1.29 is 0 Å². The Kier molecular flexibility index (Phi) is 3.02. The molecule has 0 aliphatic rings. The fourth-order valence-electron chi connectivity index (χ4n) is 2.95. The first kappa shape index (κ1) is 14.3. The number of H-pyrrole nitrogens is 1. The molecule has 120 valence electrons. The molecule has 0 bridgehead atoms. The third-order valence-corrected chi connectivity index (χ3v) is 4.10. The molecule has 4 rings (SSSR count). The van der Waals surface area contributed by atoms with E-state index in [4.69, 9.17) is 0 Å². The summed E-state index contributed by atoms with van der Waals surface area (Å²) in [5.41, 5.74) is 1.72. The molecule has 0 aliphatic carbocycles. The smallest absolute Gasteiger partial charge is 0.306 e. The lowest BCUT2D eigenvalue weighted by Crippen LogP contribution is -2.28. The van der Waals surface area contributed by atoms with Gasteiger partial charge in [-0.1, -0.05) is 36.4 Å². The largest absolute Gasteiger partial charge is 0.329 e. The summed E-state index contributed by atoms with van der Waals surface area (Å²) in [5.74, 6) is 0.593. The molecule has 0 amide bonds. The average molecular weight is 321 g/mol. The van der Waals surface area contributed by atoms with Crippen LogP contribution in [0.15, 0.2) is 58.8 Å². The number of imidazole rings is 2. The van der Waals surface area contributed by atoms with Gasteiger partial charge >= 0.3 is 5.69 Å². The highest BCUT2D eigenvalue weighted by molar-refractivity contribution is 5.78. The second kappa shape index (κ2) is 5.09. The van der Waals surface area contributed by atoms with E-state index in [1.54, 1.807) is 17.5 Å². The maximum absolute atomic E-state index is 12.3. The van der Waals surface area contributed by atoms with Crippen molar-refractivity contribution in [2.45, 2.75) is 6.54 Å². The summed E-state index contributed by atoms with van der Waals surface area (Å²) in [4.78, 5) is 30.9. The lowest BCUT2D eigenvalue weighted by Gasteiger charge is -2.05. The molecule has 0 radical (unpaired) electrons. The molecule has 0 saturated carbocycles. The summed E-state index contributed by atoms with van der Waals surface area (Å²) < 4.78 is 5.02. The molecule has 0 atom stereocenters. The number of hydrogen-bond acceptors (Lipinski definition) is 3. The van der Waals surface area contributed by atoms with E-state index in [-0.39, 0.29) is 0 Å². The Morgan fingerprint density at radius 3 is 2.71 bits per heavy atom. The number of aromatic nitrogens is 5. The standard InChI is InChI=1S/C17H15N5O2/c1-3-9-21-12(11-7-5-4-6-8-11)10-22-13-14(18-16(21)22)20(2)17(24)19-15(13)23/h3-8,10H,1,9H2,2H3,(H,19,23,24). The van der Waals surface area contributed by atoms with Crippen LogP contribution in [0.2, 0.25) is 0 Å². The normalized spacial score (nSPS) is 11.4. The zero-order chi connectivity index (χ0) is 16.8. The van der Waals surface area contributed by atoms with E-state index in [2.05, 4.69) is 16.5 Å². The van der Waals surface area contributed by atoms with Crippen LogP contribution < -0.4 is 11.2 Å². The summed E-state index contributed by atoms with van der Waals surface area (Å²) in [6, 6.07) is 9.86. The van der Waals surface area contributed by atoms with Crippen LogP contribution in [-0.2, 0) is 13.6 Å². The number of nitrogens with zero attached hydrogens (tertiary/aromatic N) is 4. The molecular weight excluding hydrogens is 306 g/mol. The Morgan fingerprint density at radius 2 is 2.00 bits per heavy atom. The first-order valence-corrected chi connectivity index (χ1v) is 7.48. The number of hydrogen-bond donors (Lipinski definition) is 1. The molecule has 1 N–H and O–H groups in total. The van der Waals surface area contributed by atoms with Crippen LogP contribution in [0.25, 0.3) is 28.2 Å². The Morgan fingerprint density at radius 1 is 1.25 bits per heavy atom. The van der Waals surface area contributed by atoms with Gasteiger partial charge in [-0.15, -0.1) is 6.58 Å². The summed E-state index contributed by atoms with van der Waals surface area (Å²) in [5, 5.41) is 0. The number of nitrogens with one attached hydrogen (secondary N) is 1. The van der Waals surface area contributed by atoms with E-state index in [0.29, 0.717) is 23.5 Å². The van der Waals surface area contributed by atoms with Gasteiger partial charge in [0.25, 0.3) is 5.56 Å². The second-order valence-electron chi connectivity index (χ2n) is 5.55. The molecule has 24 heavy (non-hydrogen) atoms. The minimum Gasteiger partial charge on any atom is -0.306 e. The van der Waals surface area contributed by atoms with Gasteiger partial charge < -0.3 is 4.57 Å². The summed E-state index contributed by atoms with van der Waals surface area (Å²) >= 11 is 0. The van der Waals surface area contributed by atoms with E-state index in [1.807, 2.05) is 41.1 Å². The third kappa shape index (κ3) is 1.88. The van der Waals surface area contributed by atoms with Crippen LogP contribution in [0.4, 0.5) is 0 Å². The van der Waals surface area contributed by atoms with Crippen LogP contribution >= 0.6 is 0 Å². The number of rotatable bonds is 3. The summed E-state index contributed by atoms with van der Waals surface area (Å²) in [7, 11) is 1.59. The van der Waals surface area contributed by atoms with Gasteiger partial charge in [0.1, 0.15) is 0 Å². The molecule has 7 heteroatoms. The van der Waals surface area contributed by atoms with Crippen molar-refractivity contribution in [1.82, 2.24) is 23.5 Å². The Balaban J connectivity index is 2.16. The molecule has 0 aliphatic heterocycles. The SMILES string of the molecule is C=CCn1c(-c2ccccc2)cn2c3c(=O)[nH]c(=O)n(C)c3nc12. The van der Waals surface area contributed by atoms with E-state index in [0.717, 1.165) is 11.3 Å². The fourth-order valence-corrected chi connectivity index (χ4v) is 2.95. The molecule has 0 saturated heterocycles. The highest BCUT2D eigenvalue weighted by atomic mass is 16.2. The van der Waals surface area contributed by atoms with Crippen molar-refractivity contribution in [3.8, 4) is 11.3 Å². The van der Waals surface area contributed by atoms with Gasteiger partial charge in [0.15, 0.2) is 11.2 Å². The molecular formula is C17H15N5O2. The van der Waals surface area contributed by atoms with Gasteiger partial charge in [0.2, 0.25) is 5.78 Å². The van der Waals surface area contributed by atoms with Gasteiger partial charge in [-0.3, -0.25) is 18.7 Å². The highest BCUT2D eigenvalue weighted by Gasteiger charge is 2.18. The quantitative estimate of drug-likeness (QED) is 0.581. The van der Waals surface area contributed by atoms with Crippen molar-refractivity contribution in [3.05, 3.63) is 70.0 Å². The second-order valence-corrected chi connectivity index (χ2v) is 5.55. The first-order chi connectivity index (χ1) is 11.6. The van der Waals surface area contributed by atoms with Gasteiger partial charge in [-0.25, -0.2) is 4.79 Å². The van der Waals surface area contributed by atoms with Crippen molar-refractivity contribution in [2.24, 2.45) is 7.05 Å². The lowest BCUT2D eigenvalue weighted by atomic mass is 10.2. The van der Waals surface area contributed by atoms with Gasteiger partial charge in [0.05, 0.1) is 5.69 Å². The van der Waals surface area contributed by atoms with Crippen LogP contribution in [0, 0.1) is 0 Å². The molecule has 1 aromatic carbocycles. The summed E-state index contributed by atoms with van der Waals surface area (Å²) in [6.07, 6.45) is 3.64. The minimum absolute atomic E-state index is 0.354. The monoisotopic (exact) mass is 321 g/mol. The minimum atomic E-state index is -0.480. The maximum atomic E-state index is 12.3. The van der Waals surface area contributed by atoms with Crippen LogP contribution in [0.1, 0.15) is 0 Å². The van der Waals surface area contributed by atoms with Crippen molar-refractivity contribution in [3.63, 3.8) is 0 Å². The fraction of sp³-hybridized carbons (Fsp3) is 0.118. The van der Waals surface area contributed by atoms with E-state index < -0.39 is 11.2 Å². The zero-order valence-corrected chi connectivity index (χ0v) is 13.1. The van der Waals surface area contributed by atoms with E-state index in [1.165, 1.54) is 4.57 Å². The maximum Gasteiger partial charge on any atom is 0.329 e. The predicted molar refractivity (Wildman–Crippen MR) is 92.2 cm³/mol. The van der Waals surface area contributed by atoms with Gasteiger partial charge in [-0.2, -0.15) is 4.98 Å². The molecule has 3 aromatic heterocycles. The Bertz CT molecular complexity index is 1190. The van der Waals surface area contributed by atoms with E-state index >= 15 is 0 Å². The van der Waals surface area contributed by atoms with Crippen LogP contribution in [-0.4, -0.2) is 23.5 Å². The third-order valence-electron chi connectivity index (χ3n) is 4.10. The molecule has 0 unspecified atom stereocenters. The van der Waals surface area contributed by atoms with E-state index in [9.17, 15) is 9.59 Å². The van der Waals surface area contributed by atoms with Crippen LogP contribution in [0.3, 0.4) is 0 Å². The molecule has 4 aromatic rings. The molecule has 0 spiro atoms. The topological polar surface area (TPSA) is 77.1 Å². The molecule has 3 heterocycles. The number of fused-ring (bicyclic) bond motifs is 3. The van der Waals surface area contributed by atoms with Crippen molar-refractivity contribution in [2.75, 3.05) is 0 Å². The van der Waals surface area contributed by atoms with Crippen molar-refractivity contribution >= 4 is 16.9 Å². The Hall–Kier alpha value is -3.35. The number of allylic oxidation sites excluding steroid dienone is 1. The zero-order valence-electron chi connectivity index (χ0n) is 13.1. The number of benzene rings is 1. The average Bonchev–Trinajstić information content (AvgIpc) is 3.11. The van der Waals surface area contributed by atoms with Crippen molar-refractivity contribution in [1.29, 1.82) is 0 Å². The molecule has 7 nitrogen and oxygen atoms in total. The van der Waals surface area contributed by atoms with Crippen LogP contribution in [0.5, 0.6) is 0 Å². The number of aryl methyl sites for hydroxylation is 1. The first-order valence-electron chi connectivity index (χ1n) is 7.48. The number of aromatic amines is 1.